The van der Waals surface area contributed by atoms with Crippen LogP contribution in [0.15, 0.2) is 22.7 Å². The molecule has 0 aromatic heterocycles. The second kappa shape index (κ2) is 6.42. The van der Waals surface area contributed by atoms with Gasteiger partial charge in [0.05, 0.1) is 11.6 Å². The SMILES string of the molecule is CCCN(CC1CC1)C(=O)c1ccc(OC)c(Br)c1. The molecule has 0 radical (unpaired) electrons. The van der Waals surface area contributed by atoms with Gasteiger partial charge >= 0.3 is 0 Å². The smallest absolute Gasteiger partial charge is 0.253 e. The molecule has 1 amide bonds. The summed E-state index contributed by atoms with van der Waals surface area (Å²) in [4.78, 5) is 14.5. The van der Waals surface area contributed by atoms with Crippen molar-refractivity contribution in [1.82, 2.24) is 4.90 Å². The third kappa shape index (κ3) is 3.72. The molecule has 0 spiro atoms. The van der Waals surface area contributed by atoms with Crippen molar-refractivity contribution in [3.05, 3.63) is 28.2 Å². The first-order valence-electron chi connectivity index (χ1n) is 6.78. The van der Waals surface area contributed by atoms with Crippen molar-refractivity contribution in [3.63, 3.8) is 0 Å². The summed E-state index contributed by atoms with van der Waals surface area (Å²) >= 11 is 3.43. The number of carbonyl (C=O) groups is 1. The highest BCUT2D eigenvalue weighted by Gasteiger charge is 2.27. The van der Waals surface area contributed by atoms with Crippen molar-refractivity contribution in [3.8, 4) is 5.75 Å². The van der Waals surface area contributed by atoms with Gasteiger partial charge in [-0.25, -0.2) is 0 Å². The largest absolute Gasteiger partial charge is 0.496 e. The van der Waals surface area contributed by atoms with Gasteiger partial charge in [0.15, 0.2) is 0 Å². The Hall–Kier alpha value is -1.03. The van der Waals surface area contributed by atoms with Gasteiger partial charge in [0.2, 0.25) is 0 Å². The molecule has 0 atom stereocenters. The van der Waals surface area contributed by atoms with E-state index in [1.165, 1.54) is 12.8 Å². The van der Waals surface area contributed by atoms with E-state index in [0.29, 0.717) is 0 Å². The minimum Gasteiger partial charge on any atom is -0.496 e. The van der Waals surface area contributed by atoms with E-state index in [9.17, 15) is 4.79 Å². The van der Waals surface area contributed by atoms with Gasteiger partial charge in [-0.2, -0.15) is 0 Å². The highest BCUT2D eigenvalue weighted by molar-refractivity contribution is 9.10. The number of methoxy groups -OCH3 is 1. The summed E-state index contributed by atoms with van der Waals surface area (Å²) in [7, 11) is 1.62. The van der Waals surface area contributed by atoms with Crippen LogP contribution in [0.25, 0.3) is 0 Å². The predicted octanol–water partition coefficient (Wildman–Crippen LogP) is 3.72. The maximum atomic E-state index is 12.5. The normalized spacial score (nSPS) is 14.3. The molecular weight excluding hydrogens is 306 g/mol. The standard InChI is InChI=1S/C15H20BrNO2/c1-3-8-17(10-11-4-5-11)15(18)12-6-7-14(19-2)13(16)9-12/h6-7,9,11H,3-5,8,10H2,1-2H3. The number of ether oxygens (including phenoxy) is 1. The zero-order valence-corrected chi connectivity index (χ0v) is 13.1. The highest BCUT2D eigenvalue weighted by Crippen LogP contribution is 2.31. The molecule has 0 bridgehead atoms. The predicted molar refractivity (Wildman–Crippen MR) is 79.6 cm³/mol. The van der Waals surface area contributed by atoms with Crippen LogP contribution in [0.5, 0.6) is 5.75 Å². The van der Waals surface area contributed by atoms with Crippen LogP contribution >= 0.6 is 15.9 Å². The highest BCUT2D eigenvalue weighted by atomic mass is 79.9. The zero-order chi connectivity index (χ0) is 13.8. The van der Waals surface area contributed by atoms with E-state index in [1.807, 2.05) is 23.1 Å². The Morgan fingerprint density at radius 3 is 2.74 bits per heavy atom. The minimum atomic E-state index is 0.122. The van der Waals surface area contributed by atoms with Crippen molar-refractivity contribution >= 4 is 21.8 Å². The first-order valence-corrected chi connectivity index (χ1v) is 7.57. The third-order valence-corrected chi connectivity index (χ3v) is 3.97. The summed E-state index contributed by atoms with van der Waals surface area (Å²) in [6.07, 6.45) is 3.52. The van der Waals surface area contributed by atoms with Gasteiger partial charge in [-0.3, -0.25) is 4.79 Å². The quantitative estimate of drug-likeness (QED) is 0.797. The fourth-order valence-electron chi connectivity index (χ4n) is 2.14. The average Bonchev–Trinajstić information content (AvgIpc) is 3.21. The minimum absolute atomic E-state index is 0.122. The fraction of sp³-hybridized carbons (Fsp3) is 0.533. The molecule has 0 heterocycles. The van der Waals surface area contributed by atoms with E-state index in [0.717, 1.165) is 41.2 Å². The molecule has 1 aliphatic carbocycles. The lowest BCUT2D eigenvalue weighted by Gasteiger charge is -2.22. The summed E-state index contributed by atoms with van der Waals surface area (Å²) in [5.74, 6) is 1.59. The molecule has 4 heteroatoms. The maximum Gasteiger partial charge on any atom is 0.253 e. The van der Waals surface area contributed by atoms with Crippen molar-refractivity contribution in [1.29, 1.82) is 0 Å². The summed E-state index contributed by atoms with van der Waals surface area (Å²) < 4.78 is 6.01. The van der Waals surface area contributed by atoms with Crippen LogP contribution in [0.3, 0.4) is 0 Å². The van der Waals surface area contributed by atoms with Crippen LogP contribution in [0.2, 0.25) is 0 Å². The van der Waals surface area contributed by atoms with Crippen LogP contribution < -0.4 is 4.74 Å². The molecule has 1 aromatic carbocycles. The number of benzene rings is 1. The van der Waals surface area contributed by atoms with Crippen LogP contribution in [0.4, 0.5) is 0 Å². The second-order valence-electron chi connectivity index (χ2n) is 5.04. The first-order chi connectivity index (χ1) is 9.15. The number of rotatable bonds is 6. The van der Waals surface area contributed by atoms with Crippen LogP contribution in [0, 0.1) is 5.92 Å². The number of hydrogen-bond donors (Lipinski definition) is 0. The summed E-state index contributed by atoms with van der Waals surface area (Å²) in [5.41, 5.74) is 0.724. The Morgan fingerprint density at radius 2 is 2.21 bits per heavy atom. The summed E-state index contributed by atoms with van der Waals surface area (Å²) in [5, 5.41) is 0. The van der Waals surface area contributed by atoms with E-state index >= 15 is 0 Å². The third-order valence-electron chi connectivity index (χ3n) is 3.35. The van der Waals surface area contributed by atoms with E-state index in [2.05, 4.69) is 22.9 Å². The topological polar surface area (TPSA) is 29.5 Å². The van der Waals surface area contributed by atoms with Crippen molar-refractivity contribution < 1.29 is 9.53 Å². The molecule has 104 valence electrons. The Kier molecular flexibility index (Phi) is 4.86. The van der Waals surface area contributed by atoms with Crippen LogP contribution in [-0.2, 0) is 0 Å². The van der Waals surface area contributed by atoms with Gasteiger partial charge in [-0.05, 0) is 59.3 Å². The number of hydrogen-bond acceptors (Lipinski definition) is 2. The molecule has 0 saturated heterocycles. The van der Waals surface area contributed by atoms with E-state index < -0.39 is 0 Å². The molecule has 0 N–H and O–H groups in total. The molecule has 0 unspecified atom stereocenters. The molecule has 1 saturated carbocycles. The molecule has 2 rings (SSSR count). The van der Waals surface area contributed by atoms with Crippen molar-refractivity contribution in [2.24, 2.45) is 5.92 Å². The lowest BCUT2D eigenvalue weighted by Crippen LogP contribution is -2.33. The van der Waals surface area contributed by atoms with E-state index in [1.54, 1.807) is 7.11 Å². The zero-order valence-electron chi connectivity index (χ0n) is 11.5. The molecular formula is C15H20BrNO2. The number of carbonyl (C=O) groups excluding carboxylic acids is 1. The van der Waals surface area contributed by atoms with Gasteiger partial charge in [0, 0.05) is 18.7 Å². The van der Waals surface area contributed by atoms with Gasteiger partial charge in [-0.15, -0.1) is 0 Å². The summed E-state index contributed by atoms with van der Waals surface area (Å²) in [6, 6.07) is 5.51. The Labute approximate surface area is 123 Å². The van der Waals surface area contributed by atoms with Crippen LogP contribution in [-0.4, -0.2) is 31.0 Å². The van der Waals surface area contributed by atoms with E-state index in [4.69, 9.17) is 4.74 Å². The molecule has 1 fully saturated rings. The maximum absolute atomic E-state index is 12.5. The molecule has 1 aliphatic rings. The Bertz CT molecular complexity index is 457. The Morgan fingerprint density at radius 1 is 1.47 bits per heavy atom. The Balaban J connectivity index is 2.12. The lowest BCUT2D eigenvalue weighted by molar-refractivity contribution is 0.0747. The first kappa shape index (κ1) is 14.4. The number of amides is 1. The van der Waals surface area contributed by atoms with Crippen molar-refractivity contribution in [2.45, 2.75) is 26.2 Å². The van der Waals surface area contributed by atoms with Gasteiger partial charge in [0.25, 0.3) is 5.91 Å². The van der Waals surface area contributed by atoms with E-state index in [-0.39, 0.29) is 5.91 Å². The van der Waals surface area contributed by atoms with Gasteiger partial charge < -0.3 is 9.64 Å². The molecule has 3 nitrogen and oxygen atoms in total. The number of halogens is 1. The average molecular weight is 326 g/mol. The monoisotopic (exact) mass is 325 g/mol. The lowest BCUT2D eigenvalue weighted by atomic mass is 10.1. The van der Waals surface area contributed by atoms with Gasteiger partial charge in [-0.1, -0.05) is 6.92 Å². The van der Waals surface area contributed by atoms with Gasteiger partial charge in [0.1, 0.15) is 5.75 Å². The van der Waals surface area contributed by atoms with Crippen molar-refractivity contribution in [2.75, 3.05) is 20.2 Å². The number of nitrogens with zero attached hydrogens (tertiary/aromatic N) is 1. The fourth-order valence-corrected chi connectivity index (χ4v) is 2.68. The van der Waals surface area contributed by atoms with Crippen LogP contribution in [0.1, 0.15) is 36.5 Å². The molecule has 19 heavy (non-hydrogen) atoms. The molecule has 0 aliphatic heterocycles. The molecule has 1 aromatic rings. The summed E-state index contributed by atoms with van der Waals surface area (Å²) in [6.45, 7) is 3.84. The second-order valence-corrected chi connectivity index (χ2v) is 5.90.